The number of aromatic nitrogens is 3. The van der Waals surface area contributed by atoms with Gasteiger partial charge in [-0.1, -0.05) is 16.9 Å². The topological polar surface area (TPSA) is 75.6 Å². The molecule has 0 fully saturated rings. The number of hydrogen-bond donors (Lipinski definition) is 0. The van der Waals surface area contributed by atoms with Crippen molar-refractivity contribution in [3.8, 4) is 17.5 Å². The Morgan fingerprint density at radius 3 is 3.04 bits per heavy atom. The molecule has 3 aromatic rings. The SMILES string of the molecule is N#Cc1cc2c(nc1SCc1nc(-c3ccsc3)no1)CCCC2. The molecular formula is C17H14N4OS2. The molecule has 3 heterocycles. The third-order valence-electron chi connectivity index (χ3n) is 3.97. The largest absolute Gasteiger partial charge is 0.338 e. The maximum Gasteiger partial charge on any atom is 0.237 e. The molecule has 0 aliphatic heterocycles. The maximum atomic E-state index is 9.39. The minimum Gasteiger partial charge on any atom is -0.338 e. The first-order valence-electron chi connectivity index (χ1n) is 7.74. The van der Waals surface area contributed by atoms with Crippen molar-refractivity contribution in [1.82, 2.24) is 15.1 Å². The van der Waals surface area contributed by atoms with E-state index in [1.54, 1.807) is 11.3 Å². The van der Waals surface area contributed by atoms with E-state index in [2.05, 4.69) is 16.2 Å². The van der Waals surface area contributed by atoms with Crippen molar-refractivity contribution >= 4 is 23.1 Å². The van der Waals surface area contributed by atoms with Crippen molar-refractivity contribution < 1.29 is 4.52 Å². The van der Waals surface area contributed by atoms with E-state index in [1.165, 1.54) is 30.2 Å². The van der Waals surface area contributed by atoms with E-state index in [0.717, 1.165) is 29.1 Å². The number of fused-ring (bicyclic) bond motifs is 1. The fourth-order valence-electron chi connectivity index (χ4n) is 2.76. The Balaban J connectivity index is 1.52. The second kappa shape index (κ2) is 6.75. The van der Waals surface area contributed by atoms with Crippen LogP contribution in [0.2, 0.25) is 0 Å². The van der Waals surface area contributed by atoms with E-state index in [1.807, 2.05) is 22.9 Å². The minimum atomic E-state index is 0.512. The zero-order chi connectivity index (χ0) is 16.4. The van der Waals surface area contributed by atoms with Crippen LogP contribution in [0, 0.1) is 11.3 Å². The predicted octanol–water partition coefficient (Wildman–Crippen LogP) is 4.24. The molecule has 0 spiro atoms. The molecule has 0 saturated heterocycles. The standard InChI is InChI=1S/C17H14N4OS2/c18-8-13-7-11-3-1-2-4-14(11)19-17(13)24-10-15-20-16(21-22-15)12-5-6-23-9-12/h5-7,9H,1-4,10H2. The highest BCUT2D eigenvalue weighted by atomic mass is 32.2. The third-order valence-corrected chi connectivity index (χ3v) is 5.63. The molecule has 0 aromatic carbocycles. The maximum absolute atomic E-state index is 9.39. The lowest BCUT2D eigenvalue weighted by Crippen LogP contribution is -2.07. The molecule has 120 valence electrons. The van der Waals surface area contributed by atoms with Crippen molar-refractivity contribution in [2.45, 2.75) is 36.5 Å². The first-order chi connectivity index (χ1) is 11.8. The highest BCUT2D eigenvalue weighted by molar-refractivity contribution is 7.98. The summed E-state index contributed by atoms with van der Waals surface area (Å²) in [6.07, 6.45) is 4.37. The highest BCUT2D eigenvalue weighted by Gasteiger charge is 2.17. The summed E-state index contributed by atoms with van der Waals surface area (Å²) in [4.78, 5) is 9.12. The van der Waals surface area contributed by atoms with E-state index >= 15 is 0 Å². The molecule has 0 bridgehead atoms. The van der Waals surface area contributed by atoms with E-state index in [0.29, 0.717) is 23.0 Å². The number of aryl methyl sites for hydroxylation is 2. The van der Waals surface area contributed by atoms with Gasteiger partial charge in [-0.05, 0) is 48.8 Å². The summed E-state index contributed by atoms with van der Waals surface area (Å²) in [5.74, 6) is 1.66. The number of hydrogen-bond acceptors (Lipinski definition) is 7. The number of thiophene rings is 1. The Morgan fingerprint density at radius 1 is 1.29 bits per heavy atom. The zero-order valence-electron chi connectivity index (χ0n) is 12.9. The van der Waals surface area contributed by atoms with Gasteiger partial charge in [-0.25, -0.2) is 4.98 Å². The molecule has 0 radical (unpaired) electrons. The third kappa shape index (κ3) is 3.07. The Hall–Kier alpha value is -2.17. The van der Waals surface area contributed by atoms with Crippen LogP contribution in [0.5, 0.6) is 0 Å². The average molecular weight is 354 g/mol. The summed E-state index contributed by atoms with van der Waals surface area (Å²) >= 11 is 3.08. The molecule has 0 unspecified atom stereocenters. The Bertz CT molecular complexity index is 896. The van der Waals surface area contributed by atoms with Crippen molar-refractivity contribution in [2.75, 3.05) is 0 Å². The van der Waals surface area contributed by atoms with E-state index < -0.39 is 0 Å². The minimum absolute atomic E-state index is 0.512. The summed E-state index contributed by atoms with van der Waals surface area (Å²) in [7, 11) is 0. The van der Waals surface area contributed by atoms with Crippen molar-refractivity contribution in [1.29, 1.82) is 5.26 Å². The number of nitrogens with zero attached hydrogens (tertiary/aromatic N) is 4. The van der Waals surface area contributed by atoms with Crippen molar-refractivity contribution in [3.05, 3.63) is 45.6 Å². The molecule has 4 rings (SSSR count). The molecule has 3 aromatic heterocycles. The van der Waals surface area contributed by atoms with Crippen molar-refractivity contribution in [2.24, 2.45) is 0 Å². The van der Waals surface area contributed by atoms with Crippen LogP contribution in [0.25, 0.3) is 11.4 Å². The van der Waals surface area contributed by atoms with Crippen LogP contribution in [0.15, 0.2) is 32.4 Å². The molecule has 1 aliphatic rings. The molecule has 1 aliphatic carbocycles. The Labute approximate surface area is 147 Å². The van der Waals surface area contributed by atoms with Crippen LogP contribution in [-0.4, -0.2) is 15.1 Å². The first-order valence-corrected chi connectivity index (χ1v) is 9.67. The van der Waals surface area contributed by atoms with E-state index in [9.17, 15) is 5.26 Å². The number of pyridine rings is 1. The van der Waals surface area contributed by atoms with Crippen LogP contribution in [0.4, 0.5) is 0 Å². The fourth-order valence-corrected chi connectivity index (χ4v) is 4.20. The number of rotatable bonds is 4. The normalized spacial score (nSPS) is 13.5. The summed E-state index contributed by atoms with van der Waals surface area (Å²) in [6.45, 7) is 0. The fraction of sp³-hybridized carbons (Fsp3) is 0.294. The monoisotopic (exact) mass is 354 g/mol. The van der Waals surface area contributed by atoms with Crippen molar-refractivity contribution in [3.63, 3.8) is 0 Å². The lowest BCUT2D eigenvalue weighted by atomic mass is 9.95. The van der Waals surface area contributed by atoms with Gasteiger partial charge in [0.25, 0.3) is 0 Å². The molecule has 0 saturated carbocycles. The lowest BCUT2D eigenvalue weighted by molar-refractivity contribution is 0.391. The van der Waals surface area contributed by atoms with E-state index in [-0.39, 0.29) is 0 Å². The highest BCUT2D eigenvalue weighted by Crippen LogP contribution is 2.29. The molecule has 0 atom stereocenters. The Morgan fingerprint density at radius 2 is 2.21 bits per heavy atom. The van der Waals surface area contributed by atoms with Crippen LogP contribution < -0.4 is 0 Å². The number of thioether (sulfide) groups is 1. The zero-order valence-corrected chi connectivity index (χ0v) is 14.5. The molecular weight excluding hydrogens is 340 g/mol. The average Bonchev–Trinajstić information content (AvgIpc) is 3.30. The van der Waals surface area contributed by atoms with Crippen LogP contribution in [-0.2, 0) is 18.6 Å². The Kier molecular flexibility index (Phi) is 4.32. The van der Waals surface area contributed by atoms with Gasteiger partial charge in [0, 0.05) is 16.6 Å². The van der Waals surface area contributed by atoms with Gasteiger partial charge in [0.1, 0.15) is 11.1 Å². The van der Waals surface area contributed by atoms with Gasteiger partial charge in [-0.3, -0.25) is 0 Å². The van der Waals surface area contributed by atoms with E-state index in [4.69, 9.17) is 9.51 Å². The number of nitriles is 1. The van der Waals surface area contributed by atoms with Crippen LogP contribution in [0.1, 0.15) is 35.6 Å². The first kappa shape index (κ1) is 15.4. The summed E-state index contributed by atoms with van der Waals surface area (Å²) in [5, 5.41) is 18.1. The summed E-state index contributed by atoms with van der Waals surface area (Å²) < 4.78 is 5.31. The van der Waals surface area contributed by atoms with Gasteiger partial charge in [0.15, 0.2) is 0 Å². The quantitative estimate of drug-likeness (QED) is 0.652. The second-order valence-electron chi connectivity index (χ2n) is 5.58. The predicted molar refractivity (Wildman–Crippen MR) is 92.8 cm³/mol. The second-order valence-corrected chi connectivity index (χ2v) is 7.32. The van der Waals surface area contributed by atoms with Gasteiger partial charge in [-0.2, -0.15) is 21.6 Å². The lowest BCUT2D eigenvalue weighted by Gasteiger charge is -2.16. The molecule has 7 heteroatoms. The molecule has 0 N–H and O–H groups in total. The van der Waals surface area contributed by atoms with Gasteiger partial charge in [0.2, 0.25) is 11.7 Å². The van der Waals surface area contributed by atoms with Crippen LogP contribution in [0.3, 0.4) is 0 Å². The smallest absolute Gasteiger partial charge is 0.237 e. The van der Waals surface area contributed by atoms with Crippen LogP contribution >= 0.6 is 23.1 Å². The van der Waals surface area contributed by atoms with Gasteiger partial charge in [-0.15, -0.1) is 0 Å². The molecule has 5 nitrogen and oxygen atoms in total. The van der Waals surface area contributed by atoms with Gasteiger partial charge in [0.05, 0.1) is 11.3 Å². The molecule has 0 amide bonds. The van der Waals surface area contributed by atoms with Gasteiger partial charge >= 0.3 is 0 Å². The summed E-state index contributed by atoms with van der Waals surface area (Å²) in [6, 6.07) is 6.22. The summed E-state index contributed by atoms with van der Waals surface area (Å²) in [5.41, 5.74) is 3.95. The van der Waals surface area contributed by atoms with Gasteiger partial charge < -0.3 is 4.52 Å². The molecule has 24 heavy (non-hydrogen) atoms.